The van der Waals surface area contributed by atoms with Crippen LogP contribution >= 0.6 is 0 Å². The van der Waals surface area contributed by atoms with Crippen LogP contribution in [0.15, 0.2) is 30.5 Å². The highest BCUT2D eigenvalue weighted by Gasteiger charge is 2.20. The van der Waals surface area contributed by atoms with Crippen molar-refractivity contribution in [3.8, 4) is 17.0 Å². The Morgan fingerprint density at radius 1 is 1.45 bits per heavy atom. The van der Waals surface area contributed by atoms with E-state index in [1.54, 1.807) is 13.0 Å². The zero-order valence-corrected chi connectivity index (χ0v) is 10.6. The highest BCUT2D eigenvalue weighted by Crippen LogP contribution is 2.32. The van der Waals surface area contributed by atoms with Crippen molar-refractivity contribution in [3.63, 3.8) is 0 Å². The second-order valence-corrected chi connectivity index (χ2v) is 3.93. The minimum atomic E-state index is -2.99. The summed E-state index contributed by atoms with van der Waals surface area (Å²) in [5.41, 5.74) is 0.269. The number of hydrogen-bond donors (Lipinski definition) is 1. The Labute approximate surface area is 113 Å². The van der Waals surface area contributed by atoms with Gasteiger partial charge >= 0.3 is 12.6 Å². The van der Waals surface area contributed by atoms with Crippen molar-refractivity contribution in [1.29, 1.82) is 0 Å². The van der Waals surface area contributed by atoms with E-state index in [4.69, 9.17) is 5.11 Å². The first-order chi connectivity index (χ1) is 9.52. The number of alkyl halides is 2. The molecule has 20 heavy (non-hydrogen) atoms. The molecule has 0 spiro atoms. The number of aromatic carboxylic acids is 1. The number of carboxylic acid groups (broad SMARTS) is 1. The number of carboxylic acids is 1. The van der Waals surface area contributed by atoms with Gasteiger partial charge in [-0.2, -0.15) is 13.9 Å². The molecule has 0 saturated carbocycles. The van der Waals surface area contributed by atoms with E-state index in [0.29, 0.717) is 6.54 Å². The van der Waals surface area contributed by atoms with Crippen LogP contribution < -0.4 is 4.74 Å². The number of ether oxygens (including phenoxy) is 1. The fourth-order valence-electron chi connectivity index (χ4n) is 1.80. The van der Waals surface area contributed by atoms with Crippen molar-refractivity contribution in [2.45, 2.75) is 20.1 Å². The summed E-state index contributed by atoms with van der Waals surface area (Å²) in [6, 6.07) is 5.97. The second-order valence-electron chi connectivity index (χ2n) is 3.93. The lowest BCUT2D eigenvalue weighted by atomic mass is 10.1. The normalized spacial score (nSPS) is 10.8. The lowest BCUT2D eigenvalue weighted by Gasteiger charge is -2.09. The molecule has 0 atom stereocenters. The van der Waals surface area contributed by atoms with Gasteiger partial charge in [0.1, 0.15) is 17.0 Å². The van der Waals surface area contributed by atoms with Crippen molar-refractivity contribution < 1.29 is 23.4 Å². The monoisotopic (exact) mass is 282 g/mol. The maximum absolute atomic E-state index is 12.4. The summed E-state index contributed by atoms with van der Waals surface area (Å²) >= 11 is 0. The minimum Gasteiger partial charge on any atom is -0.478 e. The minimum absolute atomic E-state index is 0.0582. The van der Waals surface area contributed by atoms with Crippen LogP contribution in [0.25, 0.3) is 11.3 Å². The summed E-state index contributed by atoms with van der Waals surface area (Å²) in [5, 5.41) is 13.3. The number of para-hydroxylation sites is 1. The van der Waals surface area contributed by atoms with Crippen molar-refractivity contribution in [3.05, 3.63) is 36.0 Å². The van der Waals surface area contributed by atoms with Gasteiger partial charge in [-0.25, -0.2) is 4.79 Å². The molecule has 0 radical (unpaired) electrons. The van der Waals surface area contributed by atoms with Gasteiger partial charge in [0, 0.05) is 18.3 Å². The van der Waals surface area contributed by atoms with Crippen LogP contribution in [0.4, 0.5) is 8.78 Å². The van der Waals surface area contributed by atoms with E-state index >= 15 is 0 Å². The maximum atomic E-state index is 12.4. The topological polar surface area (TPSA) is 64.4 Å². The van der Waals surface area contributed by atoms with Crippen LogP contribution in [0.2, 0.25) is 0 Å². The summed E-state index contributed by atoms with van der Waals surface area (Å²) in [6.07, 6.45) is 1.36. The standard InChI is InChI=1S/C13H12F2N2O3/c1-2-17-7-9(12(18)19)11(16-17)8-5-3-4-6-10(8)20-13(14)15/h3-7,13H,2H2,1H3,(H,18,19). The van der Waals surface area contributed by atoms with Crippen LogP contribution in [0.1, 0.15) is 17.3 Å². The largest absolute Gasteiger partial charge is 0.478 e. The summed E-state index contributed by atoms with van der Waals surface area (Å²) in [6.45, 7) is -0.722. The predicted molar refractivity (Wildman–Crippen MR) is 66.9 cm³/mol. The van der Waals surface area contributed by atoms with Gasteiger partial charge in [0.05, 0.1) is 0 Å². The van der Waals surface area contributed by atoms with Crippen molar-refractivity contribution in [2.75, 3.05) is 0 Å². The third-order valence-corrected chi connectivity index (χ3v) is 2.67. The fraction of sp³-hybridized carbons (Fsp3) is 0.231. The number of hydrogen-bond acceptors (Lipinski definition) is 3. The molecule has 1 heterocycles. The van der Waals surface area contributed by atoms with Gasteiger partial charge in [0.15, 0.2) is 0 Å². The number of rotatable bonds is 5. The van der Waals surface area contributed by atoms with Crippen LogP contribution in [-0.2, 0) is 6.54 Å². The Morgan fingerprint density at radius 2 is 2.15 bits per heavy atom. The van der Waals surface area contributed by atoms with E-state index in [0.717, 1.165) is 0 Å². The van der Waals surface area contributed by atoms with E-state index in [1.807, 2.05) is 0 Å². The Kier molecular flexibility index (Phi) is 3.97. The van der Waals surface area contributed by atoms with E-state index in [-0.39, 0.29) is 22.6 Å². The molecule has 0 unspecified atom stereocenters. The molecule has 0 aliphatic rings. The molecule has 7 heteroatoms. The highest BCUT2D eigenvalue weighted by molar-refractivity contribution is 5.95. The molecule has 1 aromatic heterocycles. The van der Waals surface area contributed by atoms with Gasteiger partial charge in [-0.1, -0.05) is 12.1 Å². The molecular weight excluding hydrogens is 270 g/mol. The molecule has 5 nitrogen and oxygen atoms in total. The van der Waals surface area contributed by atoms with Gasteiger partial charge < -0.3 is 9.84 Å². The zero-order chi connectivity index (χ0) is 14.7. The van der Waals surface area contributed by atoms with Gasteiger partial charge in [-0.3, -0.25) is 4.68 Å². The quantitative estimate of drug-likeness (QED) is 0.915. The second kappa shape index (κ2) is 5.68. The summed E-state index contributed by atoms with van der Waals surface area (Å²) in [5.74, 6) is -1.28. The average molecular weight is 282 g/mol. The molecule has 0 aliphatic carbocycles. The van der Waals surface area contributed by atoms with Crippen LogP contribution in [0.3, 0.4) is 0 Å². The van der Waals surface area contributed by atoms with Gasteiger partial charge in [-0.15, -0.1) is 0 Å². The third kappa shape index (κ3) is 2.76. The van der Waals surface area contributed by atoms with E-state index in [2.05, 4.69) is 9.84 Å². The molecule has 0 amide bonds. The Bertz CT molecular complexity index is 626. The molecule has 2 aromatic rings. The molecule has 1 N–H and O–H groups in total. The summed E-state index contributed by atoms with van der Waals surface area (Å²) in [7, 11) is 0. The van der Waals surface area contributed by atoms with Crippen molar-refractivity contribution in [2.24, 2.45) is 0 Å². The van der Waals surface area contributed by atoms with E-state index in [9.17, 15) is 13.6 Å². The van der Waals surface area contributed by atoms with E-state index < -0.39 is 12.6 Å². The molecule has 0 saturated heterocycles. The SMILES string of the molecule is CCn1cc(C(=O)O)c(-c2ccccc2OC(F)F)n1. The van der Waals surface area contributed by atoms with Crippen LogP contribution in [-0.4, -0.2) is 27.5 Å². The van der Waals surface area contributed by atoms with Crippen LogP contribution in [0.5, 0.6) is 5.75 Å². The van der Waals surface area contributed by atoms with Crippen LogP contribution in [0, 0.1) is 0 Å². The molecule has 0 bridgehead atoms. The number of carbonyl (C=O) groups is 1. The summed E-state index contributed by atoms with van der Waals surface area (Å²) in [4.78, 5) is 11.2. The Balaban J connectivity index is 2.56. The third-order valence-electron chi connectivity index (χ3n) is 2.67. The highest BCUT2D eigenvalue weighted by atomic mass is 19.3. The molecule has 106 valence electrons. The van der Waals surface area contributed by atoms with Gasteiger partial charge in [-0.05, 0) is 19.1 Å². The fourth-order valence-corrected chi connectivity index (χ4v) is 1.80. The molecule has 2 rings (SSSR count). The van der Waals surface area contributed by atoms with Crippen molar-refractivity contribution in [1.82, 2.24) is 9.78 Å². The average Bonchev–Trinajstić information content (AvgIpc) is 2.83. The number of nitrogens with zero attached hydrogens (tertiary/aromatic N) is 2. The molecule has 1 aromatic carbocycles. The number of aromatic nitrogens is 2. The van der Waals surface area contributed by atoms with E-state index in [1.165, 1.54) is 29.1 Å². The zero-order valence-electron chi connectivity index (χ0n) is 10.6. The first-order valence-corrected chi connectivity index (χ1v) is 5.88. The van der Waals surface area contributed by atoms with Gasteiger partial charge in [0.2, 0.25) is 0 Å². The van der Waals surface area contributed by atoms with Crippen molar-refractivity contribution >= 4 is 5.97 Å². The lowest BCUT2D eigenvalue weighted by molar-refractivity contribution is -0.0494. The number of aryl methyl sites for hydroxylation is 1. The Hall–Kier alpha value is -2.44. The molecule has 0 fully saturated rings. The maximum Gasteiger partial charge on any atom is 0.387 e. The number of halogens is 2. The van der Waals surface area contributed by atoms with Gasteiger partial charge in [0.25, 0.3) is 0 Å². The summed E-state index contributed by atoms with van der Waals surface area (Å²) < 4.78 is 30.6. The Morgan fingerprint density at radius 3 is 2.75 bits per heavy atom. The number of benzene rings is 1. The first kappa shape index (κ1) is 14.0. The lowest BCUT2D eigenvalue weighted by Crippen LogP contribution is -2.04. The molecular formula is C13H12F2N2O3. The first-order valence-electron chi connectivity index (χ1n) is 5.88. The smallest absolute Gasteiger partial charge is 0.387 e. The predicted octanol–water partition coefficient (Wildman–Crippen LogP) is 2.87. The molecule has 0 aliphatic heterocycles.